The van der Waals surface area contributed by atoms with Crippen molar-refractivity contribution in [1.82, 2.24) is 0 Å². The van der Waals surface area contributed by atoms with E-state index in [4.69, 9.17) is 80.9 Å². The van der Waals surface area contributed by atoms with Crippen molar-refractivity contribution in [1.29, 1.82) is 0 Å². The van der Waals surface area contributed by atoms with E-state index in [1.807, 2.05) is 0 Å². The Balaban J connectivity index is 1.43. The maximum Gasteiger partial charge on any atom is 0.472 e. The molecule has 7 aliphatic rings. The van der Waals surface area contributed by atoms with Crippen molar-refractivity contribution < 1.29 is 231 Å². The van der Waals surface area contributed by atoms with Gasteiger partial charge in [0.25, 0.3) is 5.79 Å². The number of aliphatic hydroxyl groups excluding tert-OH is 23. The molecule has 0 bridgehead atoms. The smallest absolute Gasteiger partial charge is 0.472 e. The van der Waals surface area contributed by atoms with Crippen LogP contribution in [0.25, 0.3) is 0 Å². The van der Waals surface area contributed by atoms with E-state index in [2.05, 4.69) is 0 Å². The summed E-state index contributed by atoms with van der Waals surface area (Å²) in [5.74, 6) is -5.91. The van der Waals surface area contributed by atoms with Crippen LogP contribution in [0.15, 0.2) is 0 Å². The summed E-state index contributed by atoms with van der Waals surface area (Å²) in [6.45, 7) is -10.7. The zero-order valence-electron chi connectivity index (χ0n) is 51.2. The van der Waals surface area contributed by atoms with Gasteiger partial charge < -0.3 is 210 Å². The average Bonchev–Trinajstić information content (AvgIpc) is 0.755. The van der Waals surface area contributed by atoms with E-state index in [1.54, 1.807) is 0 Å². The number of phosphoric ester groups is 2. The second-order valence-corrected chi connectivity index (χ2v) is 26.3. The highest BCUT2D eigenvalue weighted by atomic mass is 31.2. The molecular weight excluding hydrogens is 1420 g/mol. The molecule has 99 heavy (non-hydrogen) atoms. The lowest BCUT2D eigenvalue weighted by Gasteiger charge is -2.53. The Bertz CT molecular complexity index is 2590. The van der Waals surface area contributed by atoms with Gasteiger partial charge in [-0.1, -0.05) is 0 Å². The number of carboxylic acids is 1. The summed E-state index contributed by atoms with van der Waals surface area (Å²) < 4.78 is 116. The molecular formula is C49H87NO47P2. The quantitative estimate of drug-likeness (QED) is 0.0287. The van der Waals surface area contributed by atoms with E-state index < -0.39 is 320 Å². The standard InChI is InChI=1S/C49H87NO47P2/c50-1-2-82-99(80,81)97-18(10-57)36-30(72)38(91-44-29(71)25(67)35(17(9-56)85-44)88-42-26(68)21(63)19(61)15(7-54)83-42)41(94-45-28(70)23(65)24(66)32(86-45)11(58)4-51)47(89-36)92-39-31(73)46(87-33(12(59)5-52)40(39)93-43-27(69)22(64)20(62)16(8-55)84-43)90-37-14(96-98(77,78)79)3-49(76,48(74)75)95-34(37)13(60)6-53/h11-47,51-73,76H,1-10,50H2,(H,74,75)(H,80,81)(H2,77,78,79)/t11-,12-,13+,14+,15+,16+,17+,18-,19+,20+,21-,22-,23-,24-,25+,26+,27+,28-,29+,30+,31-,32+,33+,34+,35+,36+,37+,38-,39+,40+,41-,42-,43-,44-,45+,46+,47+,49+/m0/s1. The van der Waals surface area contributed by atoms with E-state index in [9.17, 15) is 156 Å². The van der Waals surface area contributed by atoms with Crippen LogP contribution in [0.5, 0.6) is 0 Å². The maximum atomic E-state index is 13.5. The summed E-state index contributed by atoms with van der Waals surface area (Å²) in [5.41, 5.74) is 5.44. The normalized spacial score (nSPS) is 46.8. The fourth-order valence-electron chi connectivity index (χ4n) is 11.8. The van der Waals surface area contributed by atoms with Crippen LogP contribution in [0, 0.1) is 0 Å². The number of hydrogen-bond acceptors (Lipinski definition) is 44. The van der Waals surface area contributed by atoms with Crippen LogP contribution in [0.1, 0.15) is 6.42 Å². The Morgan fingerprint density at radius 2 is 0.848 bits per heavy atom. The Labute approximate surface area is 556 Å². The molecule has 48 nitrogen and oxygen atoms in total. The number of rotatable bonds is 31. The summed E-state index contributed by atoms with van der Waals surface area (Å²) in [6.07, 6.45) is -93.1. The van der Waals surface area contributed by atoms with Crippen molar-refractivity contribution in [2.45, 2.75) is 239 Å². The van der Waals surface area contributed by atoms with E-state index in [0.717, 1.165) is 0 Å². The lowest BCUT2D eigenvalue weighted by Crippen LogP contribution is -2.71. The van der Waals surface area contributed by atoms with Gasteiger partial charge in [0, 0.05) is 13.0 Å². The monoisotopic (exact) mass is 1500 g/mol. The molecule has 39 atom stereocenters. The largest absolute Gasteiger partial charge is 0.477 e. The molecule has 0 amide bonds. The third kappa shape index (κ3) is 19.1. The highest BCUT2D eigenvalue weighted by molar-refractivity contribution is 7.47. The third-order valence-corrected chi connectivity index (χ3v) is 18.6. The molecule has 7 saturated heterocycles. The molecule has 0 aliphatic carbocycles. The molecule has 0 aromatic carbocycles. The minimum Gasteiger partial charge on any atom is -0.477 e. The first-order chi connectivity index (χ1) is 46.4. The van der Waals surface area contributed by atoms with E-state index >= 15 is 0 Å². The van der Waals surface area contributed by atoms with E-state index in [1.165, 1.54) is 0 Å². The number of nitrogens with two attached hydrogens (primary N) is 1. The summed E-state index contributed by atoms with van der Waals surface area (Å²) in [4.78, 5) is 43.3. The van der Waals surface area contributed by atoms with Crippen LogP contribution in [-0.2, 0) is 89.1 Å². The van der Waals surface area contributed by atoms with Crippen molar-refractivity contribution in [3.63, 3.8) is 0 Å². The van der Waals surface area contributed by atoms with Crippen LogP contribution in [0.3, 0.4) is 0 Å². The minimum atomic E-state index is -5.97. The average molecular weight is 1500 g/mol. The summed E-state index contributed by atoms with van der Waals surface area (Å²) in [7, 11) is -11.6. The van der Waals surface area contributed by atoms with E-state index in [-0.39, 0.29) is 0 Å². The second-order valence-electron chi connectivity index (χ2n) is 23.7. The number of phosphoric acid groups is 2. The molecule has 0 aromatic rings. The summed E-state index contributed by atoms with van der Waals surface area (Å²) >= 11 is 0. The van der Waals surface area contributed by atoms with Crippen molar-refractivity contribution in [3.05, 3.63) is 0 Å². The predicted octanol–water partition coefficient (Wildman–Crippen LogP) is -18.1. The molecule has 30 N–H and O–H groups in total. The Hall–Kier alpha value is -1.83. The number of carbonyl (C=O) groups is 1. The first kappa shape index (κ1) is 84.4. The van der Waals surface area contributed by atoms with Gasteiger partial charge in [0.1, 0.15) is 189 Å². The van der Waals surface area contributed by atoms with Crippen molar-refractivity contribution >= 4 is 21.6 Å². The van der Waals surface area contributed by atoms with Crippen LogP contribution in [0.2, 0.25) is 0 Å². The summed E-state index contributed by atoms with van der Waals surface area (Å²) in [5, 5.41) is 274. The number of hydrogen-bond donors (Lipinski definition) is 29. The van der Waals surface area contributed by atoms with Crippen LogP contribution >= 0.6 is 15.6 Å². The van der Waals surface area contributed by atoms with Crippen LogP contribution < -0.4 is 5.73 Å². The van der Waals surface area contributed by atoms with Gasteiger partial charge in [0.15, 0.2) is 37.7 Å². The Morgan fingerprint density at radius 1 is 0.444 bits per heavy atom. The number of aliphatic hydroxyl groups is 24. The molecule has 0 saturated carbocycles. The Kier molecular flexibility index (Phi) is 30.5. The van der Waals surface area contributed by atoms with Gasteiger partial charge in [0.2, 0.25) is 0 Å². The number of ether oxygens (including phenoxy) is 13. The van der Waals surface area contributed by atoms with Crippen molar-refractivity contribution in [3.8, 4) is 0 Å². The molecule has 7 fully saturated rings. The lowest BCUT2D eigenvalue weighted by atomic mass is 9.91. The second kappa shape index (κ2) is 35.7. The third-order valence-electron chi connectivity index (χ3n) is 17.0. The molecule has 7 heterocycles. The van der Waals surface area contributed by atoms with Gasteiger partial charge in [-0.15, -0.1) is 0 Å². The fraction of sp³-hybridized carbons (Fsp3) is 0.980. The van der Waals surface area contributed by atoms with Gasteiger partial charge in [-0.25, -0.2) is 13.9 Å². The van der Waals surface area contributed by atoms with Gasteiger partial charge in [-0.05, 0) is 0 Å². The van der Waals surface area contributed by atoms with Gasteiger partial charge in [-0.2, -0.15) is 0 Å². The number of aliphatic carboxylic acids is 1. The van der Waals surface area contributed by atoms with Crippen LogP contribution in [0.4, 0.5) is 0 Å². The fourth-order valence-corrected chi connectivity index (χ4v) is 13.2. The molecule has 7 rings (SSSR count). The molecule has 0 aromatic heterocycles. The zero-order chi connectivity index (χ0) is 73.8. The van der Waals surface area contributed by atoms with Gasteiger partial charge in [-0.3, -0.25) is 13.6 Å². The molecule has 0 radical (unpaired) electrons. The lowest BCUT2D eigenvalue weighted by molar-refractivity contribution is -0.424. The maximum absolute atomic E-state index is 13.5. The van der Waals surface area contributed by atoms with E-state index in [0.29, 0.717) is 0 Å². The summed E-state index contributed by atoms with van der Waals surface area (Å²) in [6, 6.07) is 0. The molecule has 0 spiro atoms. The van der Waals surface area contributed by atoms with Crippen molar-refractivity contribution in [2.75, 3.05) is 59.4 Å². The van der Waals surface area contributed by atoms with Gasteiger partial charge in [0.05, 0.1) is 52.9 Å². The molecule has 580 valence electrons. The van der Waals surface area contributed by atoms with Gasteiger partial charge >= 0.3 is 21.6 Å². The van der Waals surface area contributed by atoms with Crippen LogP contribution in [-0.4, -0.2) is 440 Å². The number of carboxylic acid groups (broad SMARTS) is 1. The molecule has 7 aliphatic heterocycles. The predicted molar refractivity (Wildman–Crippen MR) is 296 cm³/mol. The zero-order valence-corrected chi connectivity index (χ0v) is 53.0. The SMILES string of the molecule is NCCOP(=O)(O)O[C@@H](CO)[C@H]1O[C@H](O[C@@H]2[C@H](O)[C@@H](O[C@H]3[C@@H]([C@H](O)CO)O[C@@](O)(C(=O)O)C[C@H]3OP(=O)(O)O)O[C@H]([C@@H](O)CO)[C@H]2O[C@@H]2O[C@H](CO)[C@@H](O)[C@H](O)[C@H]2O)[C@@H](O[C@H]2O[C@H]([C@@H](O)CO)[C@@H](O)[C@H](O)[C@@H]2O)[C@@H](O[C@@H]2O[C@H](CO)[C@@H](O[C@@H]3O[C@H](CO)[C@@H](O)[C@H](O)[C@H]3O)[C@H](O)[C@H]2O)[C@@H]1O. The topological polar surface area (TPSA) is 791 Å². The first-order valence-electron chi connectivity index (χ1n) is 30.1. The molecule has 50 heteroatoms. The first-order valence-corrected chi connectivity index (χ1v) is 33.2. The van der Waals surface area contributed by atoms with Crippen molar-refractivity contribution in [2.24, 2.45) is 5.73 Å². The minimum absolute atomic E-state index is 0.490. The molecule has 1 unspecified atom stereocenters. The Morgan fingerprint density at radius 3 is 1.34 bits per heavy atom. The highest BCUT2D eigenvalue weighted by Gasteiger charge is 2.63. The highest BCUT2D eigenvalue weighted by Crippen LogP contribution is 2.49.